The summed E-state index contributed by atoms with van der Waals surface area (Å²) in [6, 6.07) is 7.55. The number of carboxylic acids is 1. The van der Waals surface area contributed by atoms with Gasteiger partial charge < -0.3 is 103 Å². The van der Waals surface area contributed by atoms with Crippen LogP contribution in [-0.4, -0.2) is 268 Å². The number of nitrogens with zero attached hydrogens (tertiary/aromatic N) is 1. The highest BCUT2D eigenvalue weighted by molar-refractivity contribution is 6.15. The Morgan fingerprint density at radius 1 is 0.567 bits per heavy atom. The molecule has 29 nitrogen and oxygen atoms in total. The van der Waals surface area contributed by atoms with Crippen LogP contribution < -0.4 is 20.7 Å². The molecule has 0 aliphatic carbocycles. The molecule has 2 heterocycles. The first kappa shape index (κ1) is 76.3. The van der Waals surface area contributed by atoms with Crippen LogP contribution in [0, 0.1) is 5.92 Å². The third-order valence-corrected chi connectivity index (χ3v) is 13.6. The van der Waals surface area contributed by atoms with Crippen LogP contribution in [0.2, 0.25) is 0 Å². The van der Waals surface area contributed by atoms with Gasteiger partial charge in [-0.1, -0.05) is 32.0 Å². The average Bonchev–Trinajstić information content (AvgIpc) is 1.74. The SMILES string of the molecule is COCCOCCOCCOCCOCCOCCOCCOCCOCCOCCOCCOc1ccc(C[C@@H](C(=O)N[C@H](C(=O)N[C@@H](C)C(=O)Nc2ccc(COC(C)=O)c(CC[C@@H]3O[C@H](C(=O)O)[C@@H](O)[C@H](O)[C@H]3O)c2)C(C)C)N2C(=O)C=CC2=O)cc1. The fourth-order valence-electron chi connectivity index (χ4n) is 8.76. The van der Waals surface area contributed by atoms with Crippen molar-refractivity contribution in [2.45, 2.75) is 102 Å². The zero-order valence-corrected chi connectivity index (χ0v) is 52.1. The number of benzene rings is 2. The van der Waals surface area contributed by atoms with Gasteiger partial charge in [-0.15, -0.1) is 0 Å². The first-order valence-corrected chi connectivity index (χ1v) is 30.0. The molecule has 90 heavy (non-hydrogen) atoms. The molecule has 29 heteroatoms. The largest absolute Gasteiger partial charge is 0.491 e. The van der Waals surface area contributed by atoms with Gasteiger partial charge in [-0.05, 0) is 66.6 Å². The summed E-state index contributed by atoms with van der Waals surface area (Å²) in [4.78, 5) is 91.5. The summed E-state index contributed by atoms with van der Waals surface area (Å²) in [5.41, 5.74) is 1.80. The van der Waals surface area contributed by atoms with E-state index in [0.717, 1.165) is 17.1 Å². The van der Waals surface area contributed by atoms with E-state index in [1.165, 1.54) is 19.9 Å². The Hall–Kier alpha value is -6.13. The van der Waals surface area contributed by atoms with Crippen LogP contribution in [0.4, 0.5) is 5.69 Å². The smallest absolute Gasteiger partial charge is 0.335 e. The van der Waals surface area contributed by atoms with E-state index >= 15 is 0 Å². The number of aliphatic hydroxyl groups excluding tert-OH is 3. The number of hydrogen-bond donors (Lipinski definition) is 7. The fourth-order valence-corrected chi connectivity index (χ4v) is 8.76. The van der Waals surface area contributed by atoms with Crippen LogP contribution in [0.3, 0.4) is 0 Å². The van der Waals surface area contributed by atoms with E-state index in [1.54, 1.807) is 57.4 Å². The van der Waals surface area contributed by atoms with Gasteiger partial charge in [0, 0.05) is 38.3 Å². The molecule has 0 aromatic heterocycles. The van der Waals surface area contributed by atoms with Gasteiger partial charge in [-0.25, -0.2) is 4.79 Å². The summed E-state index contributed by atoms with van der Waals surface area (Å²) in [6.07, 6.45) is -6.32. The van der Waals surface area contributed by atoms with Gasteiger partial charge >= 0.3 is 11.9 Å². The number of hydrogen-bond acceptors (Lipinski definition) is 24. The van der Waals surface area contributed by atoms with E-state index in [4.69, 9.17) is 66.3 Å². The molecule has 2 aliphatic heterocycles. The molecule has 2 aromatic rings. The molecule has 8 atom stereocenters. The highest BCUT2D eigenvalue weighted by Crippen LogP contribution is 2.27. The van der Waals surface area contributed by atoms with Crippen LogP contribution >= 0.6 is 0 Å². The van der Waals surface area contributed by atoms with Crippen molar-refractivity contribution in [1.29, 1.82) is 0 Å². The summed E-state index contributed by atoms with van der Waals surface area (Å²) in [5, 5.41) is 48.5. The van der Waals surface area contributed by atoms with Crippen LogP contribution in [0.1, 0.15) is 50.8 Å². The first-order valence-electron chi connectivity index (χ1n) is 30.0. The molecule has 1 fully saturated rings. The van der Waals surface area contributed by atoms with Gasteiger partial charge in [0.05, 0.1) is 145 Å². The summed E-state index contributed by atoms with van der Waals surface area (Å²) in [7, 11) is 1.63. The minimum Gasteiger partial charge on any atom is -0.491 e. The maximum Gasteiger partial charge on any atom is 0.335 e. The van der Waals surface area contributed by atoms with E-state index in [-0.39, 0.29) is 44.8 Å². The standard InChI is InChI=1S/C61H92N4O25/c1-41(2)53(60(74)62-42(3)58(72)63-47-10-8-46(40-89-43(4)66)45(39-47)9-13-50-54(69)55(70)56(71)57(90-50)61(75)76)64-59(73)49(65-51(67)14-15-52(65)68)38-44-6-11-48(12-7-44)88-37-36-87-35-34-86-33-32-85-31-30-84-29-28-83-27-26-82-25-24-81-23-22-80-21-20-79-19-18-78-17-16-77-5/h6-8,10-12,14-15,39,41-42,49-50,53-57,69-71H,9,13,16-38,40H2,1-5H3,(H,62,74)(H,63,72)(H,64,73)(H,75,76)/t42-,49-,50-,53-,54-,55+,56-,57-/m0/s1. The fraction of sp³-hybridized carbons (Fsp3) is 0.656. The average molecular weight is 1280 g/mol. The second-order valence-corrected chi connectivity index (χ2v) is 20.9. The number of carbonyl (C=O) groups excluding carboxylic acids is 6. The Balaban J connectivity index is 1.09. The summed E-state index contributed by atoms with van der Waals surface area (Å²) in [5.74, 6) is -5.79. The molecule has 7 N–H and O–H groups in total. The number of nitrogens with one attached hydrogen (secondary N) is 3. The van der Waals surface area contributed by atoms with Crippen LogP contribution in [0.15, 0.2) is 54.6 Å². The van der Waals surface area contributed by atoms with Gasteiger partial charge in [0.15, 0.2) is 6.10 Å². The predicted octanol–water partition coefficient (Wildman–Crippen LogP) is -0.0715. The molecule has 0 saturated carbocycles. The lowest BCUT2D eigenvalue weighted by Gasteiger charge is -2.39. The molecule has 0 spiro atoms. The molecule has 0 unspecified atom stereocenters. The molecule has 4 rings (SSSR count). The number of methoxy groups -OCH3 is 1. The number of aryl methyl sites for hydroxylation is 1. The Morgan fingerprint density at radius 2 is 1.03 bits per heavy atom. The Bertz CT molecular complexity index is 2450. The van der Waals surface area contributed by atoms with Crippen molar-refractivity contribution in [3.63, 3.8) is 0 Å². The van der Waals surface area contributed by atoms with E-state index in [1.807, 2.05) is 0 Å². The Morgan fingerprint density at radius 3 is 1.48 bits per heavy atom. The summed E-state index contributed by atoms with van der Waals surface area (Å²) < 4.78 is 76.2. The van der Waals surface area contributed by atoms with E-state index in [0.29, 0.717) is 155 Å². The van der Waals surface area contributed by atoms with Crippen molar-refractivity contribution in [2.75, 3.05) is 158 Å². The lowest BCUT2D eigenvalue weighted by molar-refractivity contribution is -0.228. The molecule has 0 radical (unpaired) electrons. The zero-order chi connectivity index (χ0) is 65.5. The third-order valence-electron chi connectivity index (χ3n) is 13.6. The van der Waals surface area contributed by atoms with Gasteiger partial charge in [-0.2, -0.15) is 0 Å². The van der Waals surface area contributed by atoms with Crippen molar-refractivity contribution in [3.8, 4) is 5.75 Å². The first-order chi connectivity index (χ1) is 43.4. The van der Waals surface area contributed by atoms with E-state index in [9.17, 15) is 54.0 Å². The van der Waals surface area contributed by atoms with Crippen molar-refractivity contribution in [2.24, 2.45) is 5.92 Å². The van der Waals surface area contributed by atoms with Crippen LogP contribution in [0.25, 0.3) is 0 Å². The second kappa shape index (κ2) is 44.4. The van der Waals surface area contributed by atoms with Gasteiger partial charge in [-0.3, -0.25) is 33.7 Å². The predicted molar refractivity (Wildman–Crippen MR) is 318 cm³/mol. The minimum absolute atomic E-state index is 0.0540. The minimum atomic E-state index is -1.87. The number of rotatable bonds is 50. The monoisotopic (exact) mass is 1280 g/mol. The molecule has 0 bridgehead atoms. The van der Waals surface area contributed by atoms with Crippen molar-refractivity contribution in [1.82, 2.24) is 15.5 Å². The lowest BCUT2D eigenvalue weighted by atomic mass is 9.91. The molecule has 5 amide bonds. The van der Waals surface area contributed by atoms with Crippen LogP contribution in [0.5, 0.6) is 5.75 Å². The number of aliphatic carboxylic acids is 1. The molecular formula is C61H92N4O25. The highest BCUT2D eigenvalue weighted by Gasteiger charge is 2.46. The van der Waals surface area contributed by atoms with E-state index < -0.39 is 96.0 Å². The topological polar surface area (TPSA) is 369 Å². The van der Waals surface area contributed by atoms with Gasteiger partial charge in [0.1, 0.15) is 55.4 Å². The number of carbonyl (C=O) groups is 7. The number of carboxylic acid groups (broad SMARTS) is 1. The number of imide groups is 1. The molecule has 506 valence electrons. The summed E-state index contributed by atoms with van der Waals surface area (Å²) >= 11 is 0. The number of aliphatic hydroxyl groups is 3. The highest BCUT2D eigenvalue weighted by atomic mass is 16.6. The number of esters is 1. The third kappa shape index (κ3) is 29.4. The van der Waals surface area contributed by atoms with Crippen molar-refractivity contribution < 1.29 is 120 Å². The van der Waals surface area contributed by atoms with Gasteiger partial charge in [0.2, 0.25) is 17.7 Å². The Labute approximate surface area is 524 Å². The Kier molecular flexibility index (Phi) is 37.6. The molecule has 2 aromatic carbocycles. The lowest BCUT2D eigenvalue weighted by Crippen LogP contribution is -2.59. The molecule has 2 aliphatic rings. The van der Waals surface area contributed by atoms with E-state index in [2.05, 4.69) is 16.0 Å². The second-order valence-electron chi connectivity index (χ2n) is 20.9. The quantitative estimate of drug-likeness (QED) is 0.0259. The summed E-state index contributed by atoms with van der Waals surface area (Å²) in [6.45, 7) is 15.4. The van der Waals surface area contributed by atoms with Gasteiger partial charge in [0.25, 0.3) is 11.8 Å². The number of anilines is 1. The molecule has 1 saturated heterocycles. The number of amides is 5. The zero-order valence-electron chi connectivity index (χ0n) is 52.1. The van der Waals surface area contributed by atoms with Crippen molar-refractivity contribution >= 4 is 47.2 Å². The maximum atomic E-state index is 14.1. The maximum absolute atomic E-state index is 14.1. The number of ether oxygens (including phenoxy) is 14. The van der Waals surface area contributed by atoms with Crippen molar-refractivity contribution in [3.05, 3.63) is 71.3 Å². The van der Waals surface area contributed by atoms with Crippen LogP contribution in [-0.2, 0) is 115 Å². The molecular weight excluding hydrogens is 1190 g/mol. The normalized spacial score (nSPS) is 18.4.